The zero-order valence-corrected chi connectivity index (χ0v) is 15.4. The van der Waals surface area contributed by atoms with Gasteiger partial charge in [0.05, 0.1) is 12.0 Å². The van der Waals surface area contributed by atoms with E-state index in [0.29, 0.717) is 5.75 Å². The fourth-order valence-corrected chi connectivity index (χ4v) is 4.23. The summed E-state index contributed by atoms with van der Waals surface area (Å²) in [5, 5.41) is 10.2. The van der Waals surface area contributed by atoms with Gasteiger partial charge in [-0.3, -0.25) is 0 Å². The topological polar surface area (TPSA) is 38.7 Å². The molecule has 0 unspecified atom stereocenters. The van der Waals surface area contributed by atoms with E-state index in [0.717, 1.165) is 41.7 Å². The standard InChI is InChI=1S/C22H26O3/c1-13-6-5-7-14(2)9-19-18-12-20(23)15(3)10-21(18)25-22(19)16(4)11-17(8-13)24-22/h6,9-12,17,19,23H,5,7-8H2,1-4H3/t17-,19-,22+/m1/s1. The van der Waals surface area contributed by atoms with Gasteiger partial charge in [-0.15, -0.1) is 0 Å². The Labute approximate surface area is 149 Å². The van der Waals surface area contributed by atoms with E-state index in [2.05, 4.69) is 39.0 Å². The number of ether oxygens (including phenoxy) is 2. The number of aromatic hydroxyl groups is 1. The van der Waals surface area contributed by atoms with Crippen LogP contribution in [0.15, 0.2) is 47.1 Å². The number of hydrogen-bond donors (Lipinski definition) is 1. The summed E-state index contributed by atoms with van der Waals surface area (Å²) in [6.45, 7) is 8.34. The van der Waals surface area contributed by atoms with Crippen LogP contribution in [0.1, 0.15) is 57.1 Å². The van der Waals surface area contributed by atoms with E-state index < -0.39 is 5.79 Å². The number of rotatable bonds is 0. The monoisotopic (exact) mass is 338 g/mol. The lowest BCUT2D eigenvalue weighted by Gasteiger charge is -2.31. The second kappa shape index (κ2) is 5.77. The number of allylic oxidation sites excluding steroid dienone is 2. The first-order valence-electron chi connectivity index (χ1n) is 9.11. The molecule has 0 fully saturated rings. The highest BCUT2D eigenvalue weighted by Gasteiger charge is 2.54. The Kier molecular flexibility index (Phi) is 3.80. The summed E-state index contributed by atoms with van der Waals surface area (Å²) in [5.74, 6) is 0.322. The Bertz CT molecular complexity index is 815. The van der Waals surface area contributed by atoms with Crippen molar-refractivity contribution in [3.8, 4) is 11.5 Å². The van der Waals surface area contributed by atoms with Crippen LogP contribution in [0.25, 0.3) is 0 Å². The summed E-state index contributed by atoms with van der Waals surface area (Å²) in [6.07, 6.45) is 9.81. The summed E-state index contributed by atoms with van der Waals surface area (Å²) >= 11 is 0. The van der Waals surface area contributed by atoms with Crippen molar-refractivity contribution in [1.82, 2.24) is 0 Å². The number of hydrogen-bond acceptors (Lipinski definition) is 3. The SMILES string of the molecule is CC1=C[C@@H]2c3cc(O)c(C)cc3O[C@]23O[C@@H](C=C3C)CC(C)=CCC1. The van der Waals surface area contributed by atoms with Crippen molar-refractivity contribution >= 4 is 0 Å². The van der Waals surface area contributed by atoms with Gasteiger partial charge in [-0.05, 0) is 76.3 Å². The van der Waals surface area contributed by atoms with Gasteiger partial charge in [0, 0.05) is 5.56 Å². The lowest BCUT2D eigenvalue weighted by Crippen LogP contribution is -2.40. The minimum Gasteiger partial charge on any atom is -0.508 e. The molecule has 0 amide bonds. The molecule has 1 spiro atoms. The van der Waals surface area contributed by atoms with Crippen LogP contribution in [-0.4, -0.2) is 17.0 Å². The fourth-order valence-electron chi connectivity index (χ4n) is 4.23. The van der Waals surface area contributed by atoms with Crippen LogP contribution in [0.2, 0.25) is 0 Å². The third kappa shape index (κ3) is 2.62. The number of phenolic OH excluding ortho intramolecular Hbond substituents is 1. The highest BCUT2D eigenvalue weighted by Crippen LogP contribution is 2.54. The molecular formula is C22H26O3. The van der Waals surface area contributed by atoms with Crippen LogP contribution in [-0.2, 0) is 4.74 Å². The molecule has 0 aromatic heterocycles. The van der Waals surface area contributed by atoms with Crippen LogP contribution >= 0.6 is 0 Å². The molecule has 1 aromatic rings. The lowest BCUT2D eigenvalue weighted by atomic mass is 9.86. The largest absolute Gasteiger partial charge is 0.508 e. The van der Waals surface area contributed by atoms with Crippen LogP contribution in [0.5, 0.6) is 11.5 Å². The van der Waals surface area contributed by atoms with Gasteiger partial charge in [-0.25, -0.2) is 0 Å². The van der Waals surface area contributed by atoms with Crippen LogP contribution in [0, 0.1) is 6.92 Å². The molecular weight excluding hydrogens is 312 g/mol. The Balaban J connectivity index is 1.86. The maximum atomic E-state index is 10.2. The van der Waals surface area contributed by atoms with E-state index in [1.165, 1.54) is 11.1 Å². The Hall–Kier alpha value is -2.00. The summed E-state index contributed by atoms with van der Waals surface area (Å²) in [7, 11) is 0. The van der Waals surface area contributed by atoms with Crippen molar-refractivity contribution in [2.24, 2.45) is 0 Å². The van der Waals surface area contributed by atoms with Gasteiger partial charge in [0.2, 0.25) is 5.79 Å². The van der Waals surface area contributed by atoms with Gasteiger partial charge < -0.3 is 14.6 Å². The minimum atomic E-state index is -0.779. The Morgan fingerprint density at radius 3 is 2.68 bits per heavy atom. The van der Waals surface area contributed by atoms with E-state index in [1.807, 2.05) is 19.1 Å². The number of aryl methyl sites for hydroxylation is 1. The average Bonchev–Trinajstić information content (AvgIpc) is 2.97. The summed E-state index contributed by atoms with van der Waals surface area (Å²) in [5.41, 5.74) is 5.65. The molecule has 25 heavy (non-hydrogen) atoms. The van der Waals surface area contributed by atoms with Gasteiger partial charge in [-0.1, -0.05) is 23.3 Å². The van der Waals surface area contributed by atoms with Crippen LogP contribution in [0.4, 0.5) is 0 Å². The average molecular weight is 338 g/mol. The second-order valence-electron chi connectivity index (χ2n) is 7.74. The molecule has 4 rings (SSSR count). The highest BCUT2D eigenvalue weighted by molar-refractivity contribution is 5.55. The Morgan fingerprint density at radius 1 is 1.08 bits per heavy atom. The van der Waals surface area contributed by atoms with Crippen LogP contribution in [0.3, 0.4) is 0 Å². The molecule has 0 saturated heterocycles. The van der Waals surface area contributed by atoms with E-state index in [-0.39, 0.29) is 12.0 Å². The highest BCUT2D eigenvalue weighted by atomic mass is 16.7. The zero-order valence-electron chi connectivity index (χ0n) is 15.4. The number of phenols is 1. The molecule has 132 valence electrons. The van der Waals surface area contributed by atoms with Gasteiger partial charge in [0.15, 0.2) is 0 Å². The zero-order chi connectivity index (χ0) is 17.8. The first kappa shape index (κ1) is 16.5. The molecule has 1 N–H and O–H groups in total. The van der Waals surface area contributed by atoms with Crippen molar-refractivity contribution in [1.29, 1.82) is 0 Å². The van der Waals surface area contributed by atoms with Crippen LogP contribution < -0.4 is 4.74 Å². The molecule has 3 heteroatoms. The molecule has 0 saturated carbocycles. The first-order chi connectivity index (χ1) is 11.9. The first-order valence-corrected chi connectivity index (χ1v) is 9.11. The number of benzene rings is 1. The molecule has 0 aliphatic carbocycles. The Morgan fingerprint density at radius 2 is 1.88 bits per heavy atom. The molecule has 2 bridgehead atoms. The molecule has 3 atom stereocenters. The third-order valence-corrected chi connectivity index (χ3v) is 5.65. The van der Waals surface area contributed by atoms with E-state index in [1.54, 1.807) is 0 Å². The molecule has 3 heterocycles. The molecule has 0 radical (unpaired) electrons. The van der Waals surface area contributed by atoms with Crippen molar-refractivity contribution in [3.63, 3.8) is 0 Å². The van der Waals surface area contributed by atoms with Crippen molar-refractivity contribution in [2.75, 3.05) is 0 Å². The summed E-state index contributed by atoms with van der Waals surface area (Å²) in [6, 6.07) is 3.78. The summed E-state index contributed by atoms with van der Waals surface area (Å²) < 4.78 is 12.9. The smallest absolute Gasteiger partial charge is 0.244 e. The third-order valence-electron chi connectivity index (χ3n) is 5.65. The van der Waals surface area contributed by atoms with E-state index in [9.17, 15) is 5.11 Å². The fraction of sp³-hybridized carbons (Fsp3) is 0.455. The predicted octanol–water partition coefficient (Wildman–Crippen LogP) is 5.29. The lowest BCUT2D eigenvalue weighted by molar-refractivity contribution is -0.153. The van der Waals surface area contributed by atoms with E-state index in [4.69, 9.17) is 9.47 Å². The van der Waals surface area contributed by atoms with Gasteiger partial charge in [-0.2, -0.15) is 0 Å². The van der Waals surface area contributed by atoms with Gasteiger partial charge in [0.1, 0.15) is 11.5 Å². The maximum absolute atomic E-state index is 10.2. The minimum absolute atomic E-state index is 0.0337. The second-order valence-corrected chi connectivity index (χ2v) is 7.74. The molecule has 1 aromatic carbocycles. The van der Waals surface area contributed by atoms with Crippen molar-refractivity contribution in [2.45, 2.75) is 64.8 Å². The van der Waals surface area contributed by atoms with Crippen molar-refractivity contribution in [3.05, 3.63) is 58.2 Å². The molecule has 3 nitrogen and oxygen atoms in total. The molecule has 3 aliphatic rings. The van der Waals surface area contributed by atoms with E-state index >= 15 is 0 Å². The van der Waals surface area contributed by atoms with Gasteiger partial charge >= 0.3 is 0 Å². The predicted molar refractivity (Wildman–Crippen MR) is 98.9 cm³/mol. The normalized spacial score (nSPS) is 31.1. The van der Waals surface area contributed by atoms with Gasteiger partial charge in [0.25, 0.3) is 0 Å². The van der Waals surface area contributed by atoms with Crippen molar-refractivity contribution < 1.29 is 14.6 Å². The summed E-state index contributed by atoms with van der Waals surface area (Å²) in [4.78, 5) is 0. The quantitative estimate of drug-likeness (QED) is 0.653. The number of fused-ring (bicyclic) bond motifs is 3. The maximum Gasteiger partial charge on any atom is 0.244 e. The molecule has 3 aliphatic heterocycles.